The quantitative estimate of drug-likeness (QED) is 0.657. The van der Waals surface area contributed by atoms with Crippen molar-refractivity contribution in [1.82, 2.24) is 4.90 Å². The molecule has 1 aromatic carbocycles. The van der Waals surface area contributed by atoms with Gasteiger partial charge in [0.25, 0.3) is 0 Å². The van der Waals surface area contributed by atoms with Gasteiger partial charge >= 0.3 is 5.97 Å². The summed E-state index contributed by atoms with van der Waals surface area (Å²) in [6.45, 7) is 1.14. The highest BCUT2D eigenvalue weighted by Crippen LogP contribution is 2.09. The molecule has 0 aliphatic carbocycles. The van der Waals surface area contributed by atoms with Gasteiger partial charge in [-0.1, -0.05) is 30.3 Å². The zero-order chi connectivity index (χ0) is 16.4. The summed E-state index contributed by atoms with van der Waals surface area (Å²) < 4.78 is 10.1. The molecule has 1 rings (SSSR count). The van der Waals surface area contributed by atoms with E-state index in [4.69, 9.17) is 9.47 Å². The van der Waals surface area contributed by atoms with Crippen LogP contribution in [0.3, 0.4) is 0 Å². The number of benzene rings is 1. The van der Waals surface area contributed by atoms with E-state index in [0.29, 0.717) is 13.2 Å². The van der Waals surface area contributed by atoms with E-state index in [2.05, 4.69) is 0 Å². The molecule has 1 aromatic rings. The van der Waals surface area contributed by atoms with Crippen LogP contribution < -0.4 is 0 Å². The Labute approximate surface area is 130 Å². The highest BCUT2D eigenvalue weighted by molar-refractivity contribution is 5.83. The van der Waals surface area contributed by atoms with E-state index in [1.54, 1.807) is 7.11 Å². The van der Waals surface area contributed by atoms with E-state index in [1.807, 2.05) is 30.3 Å². The van der Waals surface area contributed by atoms with Crippen molar-refractivity contribution in [3.8, 4) is 0 Å². The third-order valence-corrected chi connectivity index (χ3v) is 3.31. The molecule has 1 amide bonds. The summed E-state index contributed by atoms with van der Waals surface area (Å²) in [5.41, 5.74) is 0.880. The highest BCUT2D eigenvalue weighted by atomic mass is 16.5. The van der Waals surface area contributed by atoms with Crippen molar-refractivity contribution in [3.63, 3.8) is 0 Å². The first kappa shape index (κ1) is 18.1. The Balaban J connectivity index is 2.52. The zero-order valence-corrected chi connectivity index (χ0v) is 13.0. The largest absolute Gasteiger partial charge is 0.480 e. The van der Waals surface area contributed by atoms with Crippen molar-refractivity contribution in [2.75, 3.05) is 34.0 Å². The van der Waals surface area contributed by atoms with Gasteiger partial charge < -0.3 is 19.5 Å². The summed E-state index contributed by atoms with van der Waals surface area (Å²) in [5.74, 6) is -1.26. The number of carboxylic acids is 1. The van der Waals surface area contributed by atoms with Crippen LogP contribution in [0.1, 0.15) is 12.0 Å². The van der Waals surface area contributed by atoms with Gasteiger partial charge in [-0.15, -0.1) is 0 Å². The zero-order valence-electron chi connectivity index (χ0n) is 13.0. The standard InChI is InChI=1S/C16H23NO5/c1-17(15(18)8-9-22-11-10-21-2)14(16(19)20)12-13-6-4-3-5-7-13/h3-7,14H,8-12H2,1-2H3,(H,19,20). The smallest absolute Gasteiger partial charge is 0.326 e. The molecule has 0 saturated carbocycles. The van der Waals surface area contributed by atoms with Crippen molar-refractivity contribution in [2.24, 2.45) is 0 Å². The fourth-order valence-corrected chi connectivity index (χ4v) is 1.98. The molecule has 0 saturated heterocycles. The Morgan fingerprint density at radius 1 is 1.18 bits per heavy atom. The second kappa shape index (κ2) is 9.92. The van der Waals surface area contributed by atoms with E-state index in [1.165, 1.54) is 11.9 Å². The van der Waals surface area contributed by atoms with Crippen molar-refractivity contribution in [1.29, 1.82) is 0 Å². The lowest BCUT2D eigenvalue weighted by Crippen LogP contribution is -2.44. The molecular weight excluding hydrogens is 286 g/mol. The number of hydrogen-bond acceptors (Lipinski definition) is 4. The van der Waals surface area contributed by atoms with E-state index in [-0.39, 0.29) is 25.4 Å². The number of amides is 1. The molecule has 0 radical (unpaired) electrons. The number of methoxy groups -OCH3 is 1. The SMILES string of the molecule is COCCOCCC(=O)N(C)C(Cc1ccccc1)C(=O)O. The molecule has 0 fully saturated rings. The van der Waals surface area contributed by atoms with Crippen LogP contribution in [0.15, 0.2) is 30.3 Å². The minimum absolute atomic E-state index is 0.152. The van der Waals surface area contributed by atoms with Crippen LogP contribution >= 0.6 is 0 Å². The molecule has 6 heteroatoms. The minimum Gasteiger partial charge on any atom is -0.480 e. The fraction of sp³-hybridized carbons (Fsp3) is 0.500. The Bertz CT molecular complexity index is 463. The van der Waals surface area contributed by atoms with Crippen LogP contribution in [0.25, 0.3) is 0 Å². The molecule has 1 atom stereocenters. The van der Waals surface area contributed by atoms with E-state index in [0.717, 1.165) is 5.56 Å². The number of carbonyl (C=O) groups excluding carboxylic acids is 1. The van der Waals surface area contributed by atoms with Gasteiger partial charge in [0.15, 0.2) is 0 Å². The van der Waals surface area contributed by atoms with Crippen LogP contribution in [-0.4, -0.2) is 61.9 Å². The first-order chi connectivity index (χ1) is 10.6. The van der Waals surface area contributed by atoms with Crippen LogP contribution in [0, 0.1) is 0 Å². The van der Waals surface area contributed by atoms with Gasteiger partial charge in [-0.3, -0.25) is 4.79 Å². The third-order valence-electron chi connectivity index (χ3n) is 3.31. The fourth-order valence-electron chi connectivity index (χ4n) is 1.98. The number of carboxylic acid groups (broad SMARTS) is 1. The molecule has 0 heterocycles. The van der Waals surface area contributed by atoms with E-state index in [9.17, 15) is 14.7 Å². The number of likely N-dealkylation sites (N-methyl/N-ethyl adjacent to an activating group) is 1. The van der Waals surface area contributed by atoms with Gasteiger partial charge in [0.05, 0.1) is 26.2 Å². The summed E-state index contributed by atoms with van der Waals surface area (Å²) in [4.78, 5) is 24.8. The van der Waals surface area contributed by atoms with E-state index < -0.39 is 12.0 Å². The molecule has 0 spiro atoms. The Morgan fingerprint density at radius 3 is 2.45 bits per heavy atom. The first-order valence-electron chi connectivity index (χ1n) is 7.15. The molecule has 0 aliphatic heterocycles. The lowest BCUT2D eigenvalue weighted by atomic mass is 10.0. The number of carbonyl (C=O) groups is 2. The molecule has 122 valence electrons. The number of ether oxygens (including phenoxy) is 2. The van der Waals surface area contributed by atoms with Crippen molar-refractivity contribution < 1.29 is 24.2 Å². The Kier molecular flexibility index (Phi) is 8.17. The van der Waals surface area contributed by atoms with Crippen LogP contribution in [0.5, 0.6) is 0 Å². The molecule has 0 aromatic heterocycles. The summed E-state index contributed by atoms with van der Waals surface area (Å²) >= 11 is 0. The highest BCUT2D eigenvalue weighted by Gasteiger charge is 2.26. The number of aliphatic carboxylic acids is 1. The molecule has 1 N–H and O–H groups in total. The molecule has 0 aliphatic rings. The van der Waals surface area contributed by atoms with Crippen LogP contribution in [0.2, 0.25) is 0 Å². The maximum Gasteiger partial charge on any atom is 0.326 e. The van der Waals surface area contributed by atoms with Crippen molar-refractivity contribution >= 4 is 11.9 Å². The second-order valence-electron chi connectivity index (χ2n) is 4.90. The van der Waals surface area contributed by atoms with Gasteiger partial charge in [0.2, 0.25) is 5.91 Å². The predicted molar refractivity (Wildman–Crippen MR) is 81.7 cm³/mol. The molecule has 6 nitrogen and oxygen atoms in total. The van der Waals surface area contributed by atoms with Gasteiger partial charge in [0, 0.05) is 20.6 Å². The van der Waals surface area contributed by atoms with Gasteiger partial charge in [-0.25, -0.2) is 4.79 Å². The lowest BCUT2D eigenvalue weighted by Gasteiger charge is -2.25. The maximum absolute atomic E-state index is 12.1. The topological polar surface area (TPSA) is 76.1 Å². The lowest BCUT2D eigenvalue weighted by molar-refractivity contribution is -0.149. The average Bonchev–Trinajstić information content (AvgIpc) is 2.52. The maximum atomic E-state index is 12.1. The van der Waals surface area contributed by atoms with E-state index >= 15 is 0 Å². The number of rotatable bonds is 10. The number of nitrogens with zero attached hydrogens (tertiary/aromatic N) is 1. The Hall–Kier alpha value is -1.92. The second-order valence-corrected chi connectivity index (χ2v) is 4.90. The monoisotopic (exact) mass is 309 g/mol. The van der Waals surface area contributed by atoms with Gasteiger partial charge in [0.1, 0.15) is 6.04 Å². The summed E-state index contributed by atoms with van der Waals surface area (Å²) in [5, 5.41) is 9.35. The van der Waals surface area contributed by atoms with Crippen molar-refractivity contribution in [3.05, 3.63) is 35.9 Å². The number of hydrogen-bond donors (Lipinski definition) is 1. The molecule has 1 unspecified atom stereocenters. The first-order valence-corrected chi connectivity index (χ1v) is 7.15. The summed E-state index contributed by atoms with van der Waals surface area (Å²) in [6, 6.07) is 8.38. The predicted octanol–water partition coefficient (Wildman–Crippen LogP) is 1.19. The Morgan fingerprint density at radius 2 is 1.86 bits per heavy atom. The van der Waals surface area contributed by atoms with Crippen molar-refractivity contribution in [2.45, 2.75) is 18.9 Å². The summed E-state index contributed by atoms with van der Waals surface area (Å²) in [6.07, 6.45) is 0.432. The normalized spacial score (nSPS) is 11.9. The third kappa shape index (κ3) is 6.24. The molecule has 0 bridgehead atoms. The van der Waals surface area contributed by atoms with Gasteiger partial charge in [-0.05, 0) is 5.56 Å². The molecule has 22 heavy (non-hydrogen) atoms. The van der Waals surface area contributed by atoms with Crippen LogP contribution in [0.4, 0.5) is 0 Å². The molecular formula is C16H23NO5. The average molecular weight is 309 g/mol. The van der Waals surface area contributed by atoms with Gasteiger partial charge in [-0.2, -0.15) is 0 Å². The van der Waals surface area contributed by atoms with Crippen LogP contribution in [-0.2, 0) is 25.5 Å². The minimum atomic E-state index is -1.01. The summed E-state index contributed by atoms with van der Waals surface area (Å²) in [7, 11) is 3.09.